The van der Waals surface area contributed by atoms with Crippen molar-refractivity contribution in [2.24, 2.45) is 0 Å². The Kier molecular flexibility index (Phi) is 12.6. The van der Waals surface area contributed by atoms with Gasteiger partial charge in [0.05, 0.1) is 10.9 Å². The molecule has 152 valence electrons. The van der Waals surface area contributed by atoms with Crippen molar-refractivity contribution >= 4 is 24.6 Å². The molecule has 0 amide bonds. The van der Waals surface area contributed by atoms with E-state index in [1.165, 1.54) is 6.92 Å². The summed E-state index contributed by atoms with van der Waals surface area (Å²) in [5, 5.41) is 11.1. The Morgan fingerprint density at radius 2 is 1.53 bits per heavy atom. The molecular weight excluding hydrogens is 433 g/mol. The van der Waals surface area contributed by atoms with Crippen molar-refractivity contribution in [1.29, 1.82) is 0 Å². The van der Waals surface area contributed by atoms with Gasteiger partial charge in [-0.2, -0.15) is 0 Å². The largest absolute Gasteiger partial charge is 1.00 e. The van der Waals surface area contributed by atoms with Crippen LogP contribution in [0.5, 0.6) is 5.75 Å². The molecule has 1 unspecified atom stereocenters. The molecule has 0 saturated heterocycles. The van der Waals surface area contributed by atoms with Gasteiger partial charge < -0.3 is 27.1 Å². The fourth-order valence-corrected chi connectivity index (χ4v) is 2.81. The number of fused-ring (bicyclic) bond motifs is 1. The van der Waals surface area contributed by atoms with Gasteiger partial charge in [-0.3, -0.25) is 4.79 Å². The number of aromatic hydroxyl groups is 1. The standard InChI is InChI=1S/C19H16O4.2Na.H3O4P.2H/c1-12(20)11-15(13-7-3-2-4-8-13)17-18(21)14-9-5-6-10-16(14)23-19(17)22;;;1-5(2,3)4;;/h2-10,15,21H,11H2,1H3;;;(H3,1,2,3,4);;/q;2*+1;;2*-1. The van der Waals surface area contributed by atoms with Crippen LogP contribution in [0.1, 0.15) is 33.2 Å². The number of carbonyl (C=O) groups is 1. The molecule has 3 rings (SSSR count). The smallest absolute Gasteiger partial charge is 1.00 e. The Labute approximate surface area is 219 Å². The molecule has 30 heavy (non-hydrogen) atoms. The van der Waals surface area contributed by atoms with E-state index in [-0.39, 0.29) is 85.5 Å². The number of benzene rings is 2. The quantitative estimate of drug-likeness (QED) is 0.185. The molecule has 0 saturated carbocycles. The van der Waals surface area contributed by atoms with Crippen LogP contribution in [0, 0.1) is 0 Å². The third kappa shape index (κ3) is 8.77. The van der Waals surface area contributed by atoms with Gasteiger partial charge in [-0.05, 0) is 24.6 Å². The molecule has 0 fully saturated rings. The van der Waals surface area contributed by atoms with Crippen molar-refractivity contribution in [3.8, 4) is 5.75 Å². The molecule has 8 nitrogen and oxygen atoms in total. The molecule has 1 aromatic heterocycles. The van der Waals surface area contributed by atoms with Gasteiger partial charge in [-0.1, -0.05) is 42.5 Å². The minimum Gasteiger partial charge on any atom is -1.00 e. The van der Waals surface area contributed by atoms with Crippen molar-refractivity contribution in [1.82, 2.24) is 0 Å². The van der Waals surface area contributed by atoms with E-state index in [1.807, 2.05) is 30.3 Å². The number of Topliss-reactive ketones (excluding diaryl/α,β-unsaturated/α-hetero) is 1. The fourth-order valence-electron chi connectivity index (χ4n) is 2.81. The van der Waals surface area contributed by atoms with Gasteiger partial charge in [0.15, 0.2) is 0 Å². The van der Waals surface area contributed by atoms with E-state index in [0.29, 0.717) is 11.0 Å². The topological polar surface area (TPSA) is 145 Å². The van der Waals surface area contributed by atoms with Gasteiger partial charge in [0.2, 0.25) is 0 Å². The molecule has 4 N–H and O–H groups in total. The Hall–Kier alpha value is -0.770. The summed E-state index contributed by atoms with van der Waals surface area (Å²) in [4.78, 5) is 45.6. The van der Waals surface area contributed by atoms with Crippen LogP contribution in [0.25, 0.3) is 11.0 Å². The van der Waals surface area contributed by atoms with Crippen LogP contribution in [-0.4, -0.2) is 25.6 Å². The third-order valence-corrected chi connectivity index (χ3v) is 3.86. The second-order valence-electron chi connectivity index (χ2n) is 6.03. The molecule has 3 aromatic rings. The van der Waals surface area contributed by atoms with Crippen LogP contribution >= 0.6 is 7.82 Å². The van der Waals surface area contributed by atoms with Crippen molar-refractivity contribution in [2.75, 3.05) is 0 Å². The van der Waals surface area contributed by atoms with Gasteiger partial charge >= 0.3 is 72.6 Å². The summed E-state index contributed by atoms with van der Waals surface area (Å²) in [7, 11) is -4.64. The summed E-state index contributed by atoms with van der Waals surface area (Å²) in [6.07, 6.45) is 0.126. The van der Waals surface area contributed by atoms with Crippen molar-refractivity contribution in [3.05, 3.63) is 76.1 Å². The maximum absolute atomic E-state index is 12.4. The van der Waals surface area contributed by atoms with Crippen LogP contribution in [0.4, 0.5) is 0 Å². The maximum atomic E-state index is 12.4. The van der Waals surface area contributed by atoms with E-state index in [4.69, 9.17) is 23.7 Å². The van der Waals surface area contributed by atoms with Crippen LogP contribution < -0.4 is 64.7 Å². The zero-order valence-corrected chi connectivity index (χ0v) is 21.7. The zero-order valence-electron chi connectivity index (χ0n) is 18.8. The molecule has 0 aliphatic heterocycles. The minimum atomic E-state index is -4.64. The molecule has 2 aromatic carbocycles. The second-order valence-corrected chi connectivity index (χ2v) is 7.06. The van der Waals surface area contributed by atoms with E-state index in [1.54, 1.807) is 24.3 Å². The molecule has 11 heteroatoms. The molecule has 0 bridgehead atoms. The molecule has 0 spiro atoms. The predicted molar refractivity (Wildman–Crippen MR) is 104 cm³/mol. The molecule has 0 radical (unpaired) electrons. The molecule has 0 aliphatic rings. The van der Waals surface area contributed by atoms with Crippen LogP contribution in [0.3, 0.4) is 0 Å². The first-order valence-corrected chi connectivity index (χ1v) is 9.72. The second kappa shape index (κ2) is 12.9. The monoisotopic (exact) mass is 454 g/mol. The Morgan fingerprint density at radius 1 is 1.03 bits per heavy atom. The number of carbonyl (C=O) groups excluding carboxylic acids is 1. The summed E-state index contributed by atoms with van der Waals surface area (Å²) in [5.41, 5.74) is 0.635. The van der Waals surface area contributed by atoms with Crippen LogP contribution in [-0.2, 0) is 9.36 Å². The average molecular weight is 454 g/mol. The Balaban J connectivity index is -0.000000849. The van der Waals surface area contributed by atoms with Gasteiger partial charge in [0.1, 0.15) is 17.1 Å². The fraction of sp³-hybridized carbons (Fsp3) is 0.158. The van der Waals surface area contributed by atoms with Gasteiger partial charge in [-0.15, -0.1) is 0 Å². The first-order chi connectivity index (χ1) is 13.1. The predicted octanol–water partition coefficient (Wildman–Crippen LogP) is -3.09. The summed E-state index contributed by atoms with van der Waals surface area (Å²) < 4.78 is 14.2. The van der Waals surface area contributed by atoms with E-state index in [2.05, 4.69) is 0 Å². The third-order valence-electron chi connectivity index (χ3n) is 3.86. The number of ketones is 1. The summed E-state index contributed by atoms with van der Waals surface area (Å²) in [6, 6.07) is 16.0. The number of hydrogen-bond donors (Lipinski definition) is 4. The summed E-state index contributed by atoms with van der Waals surface area (Å²) >= 11 is 0. The molecular formula is C19H21Na2O8P. The molecule has 0 aliphatic carbocycles. The molecule has 1 atom stereocenters. The number of rotatable bonds is 4. The average Bonchev–Trinajstić information content (AvgIpc) is 2.60. The Bertz CT molecular complexity index is 1080. The van der Waals surface area contributed by atoms with E-state index in [9.17, 15) is 14.7 Å². The van der Waals surface area contributed by atoms with Gasteiger partial charge in [0, 0.05) is 12.3 Å². The SMILES string of the molecule is CC(=O)CC(c1ccccc1)c1c(O)c2ccccc2oc1=O.O=P(O)(O)O.[H-].[H-].[Na+].[Na+]. The first kappa shape index (κ1) is 29.2. The van der Waals surface area contributed by atoms with E-state index >= 15 is 0 Å². The van der Waals surface area contributed by atoms with Crippen molar-refractivity contribution < 1.29 is 95.5 Å². The molecule has 1 heterocycles. The Morgan fingerprint density at radius 3 is 2.07 bits per heavy atom. The summed E-state index contributed by atoms with van der Waals surface area (Å²) in [6.45, 7) is 1.47. The normalized spacial score (nSPS) is 11.3. The number of phosphoric acid groups is 1. The van der Waals surface area contributed by atoms with Gasteiger partial charge in [0.25, 0.3) is 0 Å². The number of hydrogen-bond acceptors (Lipinski definition) is 5. The van der Waals surface area contributed by atoms with Crippen molar-refractivity contribution in [3.63, 3.8) is 0 Å². The van der Waals surface area contributed by atoms with Crippen LogP contribution in [0.2, 0.25) is 0 Å². The zero-order chi connectivity index (χ0) is 20.9. The summed E-state index contributed by atoms with van der Waals surface area (Å²) in [5.74, 6) is -0.715. The van der Waals surface area contributed by atoms with E-state index < -0.39 is 19.4 Å². The van der Waals surface area contributed by atoms with Gasteiger partial charge in [-0.25, -0.2) is 9.36 Å². The van der Waals surface area contributed by atoms with Crippen molar-refractivity contribution in [2.45, 2.75) is 19.3 Å². The maximum Gasteiger partial charge on any atom is 1.00 e. The van der Waals surface area contributed by atoms with E-state index in [0.717, 1.165) is 5.56 Å². The number of para-hydroxylation sites is 1. The van der Waals surface area contributed by atoms with Crippen LogP contribution in [0.15, 0.2) is 63.8 Å². The first-order valence-electron chi connectivity index (χ1n) is 8.15. The minimum absolute atomic E-state index is 0.